The summed E-state index contributed by atoms with van der Waals surface area (Å²) in [7, 11) is 0. The van der Waals surface area contributed by atoms with Gasteiger partial charge in [0.15, 0.2) is 0 Å². The molecule has 1 nitrogen and oxygen atoms in total. The summed E-state index contributed by atoms with van der Waals surface area (Å²) in [5.74, 6) is 5.30. The Morgan fingerprint density at radius 2 is 1.75 bits per heavy atom. The van der Waals surface area contributed by atoms with Crippen LogP contribution in [-0.2, 0) is 0 Å². The Morgan fingerprint density at radius 1 is 1.04 bits per heavy atom. The first-order valence-corrected chi connectivity index (χ1v) is 12.3. The molecule has 4 fully saturated rings. The summed E-state index contributed by atoms with van der Waals surface area (Å²) < 4.78 is 0. The number of allylic oxidation sites excluding steroid dienone is 3. The van der Waals surface area contributed by atoms with Gasteiger partial charge in [-0.05, 0) is 117 Å². The normalized spacial score (nSPS) is 49.3. The van der Waals surface area contributed by atoms with Crippen LogP contribution in [0.2, 0.25) is 0 Å². The fraction of sp³-hybridized carbons (Fsp3) is 0.852. The molecule has 0 saturated heterocycles. The zero-order valence-corrected chi connectivity index (χ0v) is 18.9. The van der Waals surface area contributed by atoms with E-state index in [0.717, 1.165) is 48.3 Å². The van der Waals surface area contributed by atoms with Crippen molar-refractivity contribution in [3.8, 4) is 0 Å². The standard InChI is InChI=1S/C27H44O/c1-18(2)7-6-8-19(3)23-11-12-24-22-10-9-20-17-21(28)13-15-26(20,4)25(22)14-16-27(23,24)5/h6-7,19-25,28H,1,8-17H2,2-5H3/t19-,20?,21?,22+,23-,24+,25+,26+,27-/m1/s1. The Bertz CT molecular complexity index is 620. The average Bonchev–Trinajstić information content (AvgIpc) is 2.99. The molecule has 0 aromatic rings. The SMILES string of the molecule is C=C(C)C=CC[C@@H](C)[C@H]1CC[C@H]2[C@@H]3CCC4CC(O)CC[C@]4(C)[C@H]3CC[C@]12C. The maximum atomic E-state index is 10.2. The summed E-state index contributed by atoms with van der Waals surface area (Å²) in [5, 5.41) is 10.2. The molecule has 1 heteroatoms. The Morgan fingerprint density at radius 3 is 2.50 bits per heavy atom. The largest absolute Gasteiger partial charge is 0.393 e. The van der Waals surface area contributed by atoms with Crippen molar-refractivity contribution in [2.45, 2.75) is 98.0 Å². The molecule has 0 aromatic heterocycles. The van der Waals surface area contributed by atoms with E-state index in [2.05, 4.69) is 46.4 Å². The number of hydrogen-bond acceptors (Lipinski definition) is 1. The molecule has 9 atom stereocenters. The Hall–Kier alpha value is -0.560. The molecule has 0 radical (unpaired) electrons. The summed E-state index contributed by atoms with van der Waals surface area (Å²) in [6, 6.07) is 0. The molecule has 1 N–H and O–H groups in total. The second kappa shape index (κ2) is 7.60. The summed E-state index contributed by atoms with van der Waals surface area (Å²) >= 11 is 0. The van der Waals surface area contributed by atoms with Crippen molar-refractivity contribution in [1.82, 2.24) is 0 Å². The highest BCUT2D eigenvalue weighted by molar-refractivity contribution is 5.12. The van der Waals surface area contributed by atoms with Gasteiger partial charge in [-0.15, -0.1) is 0 Å². The van der Waals surface area contributed by atoms with E-state index in [4.69, 9.17) is 0 Å². The minimum atomic E-state index is -0.0209. The van der Waals surface area contributed by atoms with Gasteiger partial charge in [-0.25, -0.2) is 0 Å². The van der Waals surface area contributed by atoms with Crippen molar-refractivity contribution in [1.29, 1.82) is 0 Å². The van der Waals surface area contributed by atoms with Gasteiger partial charge >= 0.3 is 0 Å². The van der Waals surface area contributed by atoms with Gasteiger partial charge in [0.2, 0.25) is 0 Å². The molecule has 0 aliphatic heterocycles. The first-order valence-electron chi connectivity index (χ1n) is 12.3. The summed E-state index contributed by atoms with van der Waals surface area (Å²) in [6.07, 6.45) is 17.8. The van der Waals surface area contributed by atoms with Crippen LogP contribution in [-0.4, -0.2) is 11.2 Å². The van der Waals surface area contributed by atoms with E-state index < -0.39 is 0 Å². The zero-order valence-electron chi connectivity index (χ0n) is 18.9. The van der Waals surface area contributed by atoms with Gasteiger partial charge in [0.05, 0.1) is 6.10 Å². The van der Waals surface area contributed by atoms with Crippen LogP contribution in [0.1, 0.15) is 91.9 Å². The van der Waals surface area contributed by atoms with Crippen LogP contribution in [0.15, 0.2) is 24.3 Å². The molecular formula is C27H44O. The van der Waals surface area contributed by atoms with Crippen LogP contribution in [0.4, 0.5) is 0 Å². The molecule has 0 spiro atoms. The number of aliphatic hydroxyl groups is 1. The first kappa shape index (κ1) is 20.7. The fourth-order valence-electron chi connectivity index (χ4n) is 8.86. The van der Waals surface area contributed by atoms with Crippen molar-refractivity contribution in [3.05, 3.63) is 24.3 Å². The van der Waals surface area contributed by atoms with Crippen LogP contribution >= 0.6 is 0 Å². The number of fused-ring (bicyclic) bond motifs is 5. The Kier molecular flexibility index (Phi) is 5.62. The third-order valence-corrected chi connectivity index (χ3v) is 10.3. The highest BCUT2D eigenvalue weighted by atomic mass is 16.3. The molecule has 28 heavy (non-hydrogen) atoms. The van der Waals surface area contributed by atoms with Crippen LogP contribution < -0.4 is 0 Å². The van der Waals surface area contributed by atoms with E-state index >= 15 is 0 Å². The Balaban J connectivity index is 1.50. The highest BCUT2D eigenvalue weighted by Gasteiger charge is 2.60. The van der Waals surface area contributed by atoms with E-state index in [9.17, 15) is 5.11 Å². The molecule has 158 valence electrons. The lowest BCUT2D eigenvalue weighted by molar-refractivity contribution is -0.129. The maximum absolute atomic E-state index is 10.2. The van der Waals surface area contributed by atoms with Gasteiger partial charge in [0.25, 0.3) is 0 Å². The molecule has 4 saturated carbocycles. The molecule has 0 heterocycles. The predicted octanol–water partition coefficient (Wildman–Crippen LogP) is 7.16. The van der Waals surface area contributed by atoms with Crippen molar-refractivity contribution < 1.29 is 5.11 Å². The monoisotopic (exact) mass is 384 g/mol. The van der Waals surface area contributed by atoms with Crippen molar-refractivity contribution in [2.75, 3.05) is 0 Å². The smallest absolute Gasteiger partial charge is 0.0543 e. The predicted molar refractivity (Wildman–Crippen MR) is 119 cm³/mol. The molecule has 4 rings (SSSR count). The minimum absolute atomic E-state index is 0.0209. The summed E-state index contributed by atoms with van der Waals surface area (Å²) in [6.45, 7) is 13.9. The van der Waals surface area contributed by atoms with Crippen LogP contribution in [0.3, 0.4) is 0 Å². The first-order chi connectivity index (χ1) is 13.3. The van der Waals surface area contributed by atoms with Gasteiger partial charge in [-0.3, -0.25) is 0 Å². The molecule has 4 aliphatic rings. The number of hydrogen-bond donors (Lipinski definition) is 1. The van der Waals surface area contributed by atoms with Crippen LogP contribution in [0.5, 0.6) is 0 Å². The second-order valence-corrected chi connectivity index (χ2v) is 11.8. The fourth-order valence-corrected chi connectivity index (χ4v) is 8.86. The van der Waals surface area contributed by atoms with Gasteiger partial charge < -0.3 is 5.11 Å². The van der Waals surface area contributed by atoms with E-state index in [1.165, 1.54) is 56.9 Å². The van der Waals surface area contributed by atoms with Gasteiger partial charge in [0.1, 0.15) is 0 Å². The van der Waals surface area contributed by atoms with E-state index in [1.807, 2.05) is 0 Å². The van der Waals surface area contributed by atoms with Gasteiger partial charge in [0, 0.05) is 0 Å². The van der Waals surface area contributed by atoms with Crippen molar-refractivity contribution in [3.63, 3.8) is 0 Å². The molecule has 0 amide bonds. The van der Waals surface area contributed by atoms with Crippen LogP contribution in [0, 0.1) is 46.3 Å². The summed E-state index contributed by atoms with van der Waals surface area (Å²) in [4.78, 5) is 0. The number of rotatable bonds is 4. The minimum Gasteiger partial charge on any atom is -0.393 e. The van der Waals surface area contributed by atoms with E-state index in [0.29, 0.717) is 10.8 Å². The average molecular weight is 385 g/mol. The Labute approximate surface area is 174 Å². The summed E-state index contributed by atoms with van der Waals surface area (Å²) in [5.41, 5.74) is 2.25. The maximum Gasteiger partial charge on any atom is 0.0543 e. The second-order valence-electron chi connectivity index (χ2n) is 11.8. The quantitative estimate of drug-likeness (QED) is 0.510. The highest BCUT2D eigenvalue weighted by Crippen LogP contribution is 2.68. The molecule has 0 bridgehead atoms. The lowest BCUT2D eigenvalue weighted by Gasteiger charge is -2.61. The topological polar surface area (TPSA) is 20.2 Å². The van der Waals surface area contributed by atoms with Crippen molar-refractivity contribution in [2.24, 2.45) is 46.3 Å². The van der Waals surface area contributed by atoms with Gasteiger partial charge in [-0.1, -0.05) is 45.1 Å². The lowest BCUT2D eigenvalue weighted by Crippen LogP contribution is -2.54. The van der Waals surface area contributed by atoms with Crippen LogP contribution in [0.25, 0.3) is 0 Å². The number of aliphatic hydroxyl groups excluding tert-OH is 1. The zero-order chi connectivity index (χ0) is 20.1. The molecule has 4 aliphatic carbocycles. The van der Waals surface area contributed by atoms with Gasteiger partial charge in [-0.2, -0.15) is 0 Å². The molecule has 2 unspecified atom stereocenters. The third kappa shape index (κ3) is 3.34. The van der Waals surface area contributed by atoms with E-state index in [-0.39, 0.29) is 6.10 Å². The molecule has 0 aromatic carbocycles. The van der Waals surface area contributed by atoms with E-state index in [1.54, 1.807) is 0 Å². The van der Waals surface area contributed by atoms with Crippen molar-refractivity contribution >= 4 is 0 Å². The third-order valence-electron chi connectivity index (χ3n) is 10.3. The molecular weight excluding hydrogens is 340 g/mol. The lowest BCUT2D eigenvalue weighted by atomic mass is 9.44.